The van der Waals surface area contributed by atoms with Crippen molar-refractivity contribution in [2.75, 3.05) is 0 Å². The Morgan fingerprint density at radius 3 is 2.93 bits per heavy atom. The van der Waals surface area contributed by atoms with Crippen LogP contribution in [0.2, 0.25) is 0 Å². The van der Waals surface area contributed by atoms with Crippen LogP contribution in [0.4, 0.5) is 0 Å². The van der Waals surface area contributed by atoms with Crippen molar-refractivity contribution in [1.29, 1.82) is 0 Å². The van der Waals surface area contributed by atoms with E-state index in [1.807, 2.05) is 19.1 Å². The van der Waals surface area contributed by atoms with Gasteiger partial charge in [-0.3, -0.25) is 0 Å². The van der Waals surface area contributed by atoms with E-state index in [4.69, 9.17) is 20.5 Å². The third kappa shape index (κ3) is 2.59. The molecule has 0 spiro atoms. The second-order valence-corrected chi connectivity index (χ2v) is 3.90. The zero-order valence-electron chi connectivity index (χ0n) is 8.31. The second-order valence-electron chi connectivity index (χ2n) is 3.24. The smallest absolute Gasteiger partial charge is 0.227 e. The molecule has 2 aromatic rings. The summed E-state index contributed by atoms with van der Waals surface area (Å²) < 4.78 is 10.2. The molecular formula is C10H11ClN2O2. The van der Waals surface area contributed by atoms with Crippen LogP contribution in [-0.4, -0.2) is 10.1 Å². The molecule has 1 atom stereocenters. The van der Waals surface area contributed by atoms with E-state index in [0.717, 1.165) is 12.2 Å². The molecule has 0 aliphatic rings. The predicted molar refractivity (Wildman–Crippen MR) is 54.7 cm³/mol. The van der Waals surface area contributed by atoms with Gasteiger partial charge in [-0.2, -0.15) is 4.98 Å². The number of nitrogens with zero attached hydrogens (tertiary/aromatic N) is 2. The van der Waals surface area contributed by atoms with E-state index in [0.29, 0.717) is 18.1 Å². The van der Waals surface area contributed by atoms with Gasteiger partial charge in [-0.15, -0.1) is 11.6 Å². The number of aryl methyl sites for hydroxylation is 2. The van der Waals surface area contributed by atoms with Crippen LogP contribution < -0.4 is 0 Å². The van der Waals surface area contributed by atoms with E-state index in [1.54, 1.807) is 6.26 Å². The molecule has 5 heteroatoms. The summed E-state index contributed by atoms with van der Waals surface area (Å²) in [6, 6.07) is 3.77. The van der Waals surface area contributed by atoms with Crippen molar-refractivity contribution in [2.45, 2.75) is 25.1 Å². The SMILES string of the molecule is CC(Cl)c1noc(CCc2ccco2)n1. The molecule has 15 heavy (non-hydrogen) atoms. The first-order valence-corrected chi connectivity index (χ1v) is 5.18. The molecule has 2 aromatic heterocycles. The second kappa shape index (κ2) is 4.49. The first-order chi connectivity index (χ1) is 7.25. The molecule has 2 heterocycles. The monoisotopic (exact) mass is 226 g/mol. The van der Waals surface area contributed by atoms with Crippen LogP contribution in [0.25, 0.3) is 0 Å². The Labute approximate surface area is 92.2 Å². The van der Waals surface area contributed by atoms with Gasteiger partial charge in [-0.1, -0.05) is 5.16 Å². The van der Waals surface area contributed by atoms with Gasteiger partial charge in [0.1, 0.15) is 5.76 Å². The van der Waals surface area contributed by atoms with Crippen molar-refractivity contribution in [3.8, 4) is 0 Å². The fourth-order valence-electron chi connectivity index (χ4n) is 1.22. The van der Waals surface area contributed by atoms with E-state index in [-0.39, 0.29) is 5.38 Å². The summed E-state index contributed by atoms with van der Waals surface area (Å²) in [4.78, 5) is 4.16. The van der Waals surface area contributed by atoms with Crippen molar-refractivity contribution < 1.29 is 8.94 Å². The minimum Gasteiger partial charge on any atom is -0.469 e. The van der Waals surface area contributed by atoms with Crippen LogP contribution >= 0.6 is 11.6 Å². The van der Waals surface area contributed by atoms with Gasteiger partial charge in [0.25, 0.3) is 0 Å². The number of alkyl halides is 1. The lowest BCUT2D eigenvalue weighted by molar-refractivity contribution is 0.369. The fraction of sp³-hybridized carbons (Fsp3) is 0.400. The van der Waals surface area contributed by atoms with E-state index < -0.39 is 0 Å². The molecular weight excluding hydrogens is 216 g/mol. The lowest BCUT2D eigenvalue weighted by Gasteiger charge is -1.91. The van der Waals surface area contributed by atoms with Crippen LogP contribution in [0, 0.1) is 0 Å². The average Bonchev–Trinajstić information content (AvgIpc) is 2.86. The number of halogens is 1. The van der Waals surface area contributed by atoms with Gasteiger partial charge in [0, 0.05) is 12.8 Å². The van der Waals surface area contributed by atoms with Crippen LogP contribution in [0.1, 0.15) is 29.8 Å². The van der Waals surface area contributed by atoms with Gasteiger partial charge in [-0.25, -0.2) is 0 Å². The normalized spacial score (nSPS) is 12.9. The van der Waals surface area contributed by atoms with Gasteiger partial charge >= 0.3 is 0 Å². The summed E-state index contributed by atoms with van der Waals surface area (Å²) in [6.45, 7) is 1.81. The standard InChI is InChI=1S/C10H11ClN2O2/c1-7(11)10-12-9(15-13-10)5-4-8-3-2-6-14-8/h2-3,6-7H,4-5H2,1H3. The molecule has 1 unspecified atom stereocenters. The molecule has 0 saturated heterocycles. The number of aromatic nitrogens is 2. The van der Waals surface area contributed by atoms with Crippen molar-refractivity contribution in [3.05, 3.63) is 35.9 Å². The highest BCUT2D eigenvalue weighted by molar-refractivity contribution is 6.20. The maximum Gasteiger partial charge on any atom is 0.227 e. The summed E-state index contributed by atoms with van der Waals surface area (Å²) >= 11 is 5.81. The Kier molecular flexibility index (Phi) is 3.06. The van der Waals surface area contributed by atoms with Gasteiger partial charge < -0.3 is 8.94 Å². The quantitative estimate of drug-likeness (QED) is 0.753. The Bertz CT molecular complexity index is 409. The number of furan rings is 1. The number of rotatable bonds is 4. The molecule has 2 rings (SSSR count). The molecule has 0 saturated carbocycles. The van der Waals surface area contributed by atoms with Crippen molar-refractivity contribution >= 4 is 11.6 Å². The van der Waals surface area contributed by atoms with Crippen molar-refractivity contribution in [3.63, 3.8) is 0 Å². The van der Waals surface area contributed by atoms with E-state index >= 15 is 0 Å². The molecule has 0 radical (unpaired) electrons. The molecule has 80 valence electrons. The largest absolute Gasteiger partial charge is 0.469 e. The third-order valence-corrected chi connectivity index (χ3v) is 2.20. The molecule has 4 nitrogen and oxygen atoms in total. The molecule has 0 N–H and O–H groups in total. The van der Waals surface area contributed by atoms with Gasteiger partial charge in [0.15, 0.2) is 5.82 Å². The van der Waals surface area contributed by atoms with E-state index in [2.05, 4.69) is 10.1 Å². The minimum absolute atomic E-state index is 0.217. The van der Waals surface area contributed by atoms with Crippen molar-refractivity contribution in [2.24, 2.45) is 0 Å². The van der Waals surface area contributed by atoms with Crippen molar-refractivity contribution in [1.82, 2.24) is 10.1 Å². The lowest BCUT2D eigenvalue weighted by Crippen LogP contribution is -1.91. The zero-order valence-corrected chi connectivity index (χ0v) is 9.07. The number of hydrogen-bond acceptors (Lipinski definition) is 4. The van der Waals surface area contributed by atoms with Crippen LogP contribution in [0.15, 0.2) is 27.3 Å². The van der Waals surface area contributed by atoms with Crippen LogP contribution in [-0.2, 0) is 12.8 Å². The summed E-state index contributed by atoms with van der Waals surface area (Å²) in [5, 5.41) is 3.55. The summed E-state index contributed by atoms with van der Waals surface area (Å²) in [7, 11) is 0. The first kappa shape index (κ1) is 10.2. The number of hydrogen-bond donors (Lipinski definition) is 0. The predicted octanol–water partition coefficient (Wildman–Crippen LogP) is 2.75. The van der Waals surface area contributed by atoms with Gasteiger partial charge in [0.05, 0.1) is 11.6 Å². The zero-order chi connectivity index (χ0) is 10.7. The lowest BCUT2D eigenvalue weighted by atomic mass is 10.2. The molecule has 0 amide bonds. The summed E-state index contributed by atoms with van der Waals surface area (Å²) in [5.74, 6) is 2.04. The van der Waals surface area contributed by atoms with Crippen LogP contribution in [0.3, 0.4) is 0 Å². The molecule has 0 fully saturated rings. The summed E-state index contributed by atoms with van der Waals surface area (Å²) in [6.07, 6.45) is 3.07. The maximum absolute atomic E-state index is 5.81. The highest BCUT2D eigenvalue weighted by Crippen LogP contribution is 2.16. The fourth-order valence-corrected chi connectivity index (χ4v) is 1.30. The average molecular weight is 227 g/mol. The highest BCUT2D eigenvalue weighted by atomic mass is 35.5. The first-order valence-electron chi connectivity index (χ1n) is 4.74. The van der Waals surface area contributed by atoms with Gasteiger partial charge in [-0.05, 0) is 19.1 Å². The topological polar surface area (TPSA) is 52.1 Å². The molecule has 0 aromatic carbocycles. The highest BCUT2D eigenvalue weighted by Gasteiger charge is 2.11. The van der Waals surface area contributed by atoms with E-state index in [9.17, 15) is 0 Å². The third-order valence-electron chi connectivity index (χ3n) is 2.00. The Morgan fingerprint density at radius 1 is 1.47 bits per heavy atom. The maximum atomic E-state index is 5.81. The Balaban J connectivity index is 1.94. The minimum atomic E-state index is -0.217. The molecule has 0 aliphatic carbocycles. The van der Waals surface area contributed by atoms with Gasteiger partial charge in [0.2, 0.25) is 5.89 Å². The summed E-state index contributed by atoms with van der Waals surface area (Å²) in [5.41, 5.74) is 0. The molecule has 0 aliphatic heterocycles. The molecule has 0 bridgehead atoms. The van der Waals surface area contributed by atoms with E-state index in [1.165, 1.54) is 0 Å². The Morgan fingerprint density at radius 2 is 2.33 bits per heavy atom. The van der Waals surface area contributed by atoms with Crippen LogP contribution in [0.5, 0.6) is 0 Å². The Hall–Kier alpha value is -1.29.